The molecule has 0 aromatic heterocycles. The minimum absolute atomic E-state index is 0.700. The van der Waals surface area contributed by atoms with E-state index in [9.17, 15) is 0 Å². The molecule has 252 valence electrons. The van der Waals surface area contributed by atoms with Gasteiger partial charge in [0.2, 0.25) is 0 Å². The molecule has 3 nitrogen and oxygen atoms in total. The molecule has 0 saturated carbocycles. The molecular weight excluding hydrogens is 551 g/mol. The summed E-state index contributed by atoms with van der Waals surface area (Å²) in [6.45, 7) is 6.52. The molecule has 1 aliphatic rings. The Morgan fingerprint density at radius 2 is 0.952 bits per heavy atom. The van der Waals surface area contributed by atoms with Gasteiger partial charge < -0.3 is 8.95 Å². The quantitative estimate of drug-likeness (QED) is 0.0455. The van der Waals surface area contributed by atoms with Crippen molar-refractivity contribution in [3.8, 4) is 0 Å². The largest absolute Gasteiger partial charge is 0.393 e. The molecule has 0 spiro atoms. The molecule has 0 aromatic rings. The van der Waals surface area contributed by atoms with E-state index in [1.54, 1.807) is 0 Å². The lowest BCUT2D eigenvalue weighted by molar-refractivity contribution is 0.0631. The Morgan fingerprint density at radius 3 is 1.40 bits per heavy atom. The molecular formula is C37H77NO2SSi. The molecule has 2 unspecified atom stereocenters. The third kappa shape index (κ3) is 24.7. The molecule has 0 bridgehead atoms. The number of hydroxylamine groups is 1. The smallest absolute Gasteiger partial charge is 0.358 e. The van der Waals surface area contributed by atoms with Crippen LogP contribution in [-0.2, 0) is 8.95 Å². The van der Waals surface area contributed by atoms with Gasteiger partial charge in [-0.25, -0.2) is 5.48 Å². The van der Waals surface area contributed by atoms with E-state index in [1.807, 2.05) is 0 Å². The number of nitrogens with one attached hydrogen (secondary N) is 1. The molecule has 0 amide bonds. The Labute approximate surface area is 271 Å². The second-order valence-electron chi connectivity index (χ2n) is 13.7. The third-order valence-electron chi connectivity index (χ3n) is 9.61. The summed E-state index contributed by atoms with van der Waals surface area (Å²) in [6, 6.07) is 2.23. The molecule has 1 saturated heterocycles. The minimum atomic E-state index is -2.14. The fourth-order valence-corrected chi connectivity index (χ4v) is 10.3. The summed E-state index contributed by atoms with van der Waals surface area (Å²) in [5.74, 6) is 1.63. The predicted molar refractivity (Wildman–Crippen MR) is 193 cm³/mol. The highest BCUT2D eigenvalue weighted by molar-refractivity contribution is 7.80. The average Bonchev–Trinajstić information content (AvgIpc) is 2.99. The normalized spacial score (nSPS) is 19.6. The number of hydrogen-bond acceptors (Lipinski definition) is 4. The van der Waals surface area contributed by atoms with Gasteiger partial charge in [-0.2, -0.15) is 12.6 Å². The summed E-state index contributed by atoms with van der Waals surface area (Å²) in [7, 11) is -2.14. The van der Waals surface area contributed by atoms with Crippen molar-refractivity contribution in [2.45, 2.75) is 212 Å². The zero-order valence-corrected chi connectivity index (χ0v) is 30.8. The number of hydrogen-bond donors (Lipinski definition) is 2. The maximum atomic E-state index is 6.64. The molecule has 1 heterocycles. The van der Waals surface area contributed by atoms with Gasteiger partial charge in [0.15, 0.2) is 0 Å². The summed E-state index contributed by atoms with van der Waals surface area (Å²) >= 11 is 4.49. The van der Waals surface area contributed by atoms with Crippen molar-refractivity contribution in [1.82, 2.24) is 5.48 Å². The summed E-state index contributed by atoms with van der Waals surface area (Å²) in [5.41, 5.74) is 3.44. The highest BCUT2D eigenvalue weighted by Gasteiger charge is 2.38. The SMILES string of the molecule is CCCCCCCCCCCCCCCCCCC1CCO[Si](CCCS)(CCCCCCCCCCCC)ONC1. The van der Waals surface area contributed by atoms with Crippen LogP contribution in [0.1, 0.15) is 200 Å². The van der Waals surface area contributed by atoms with Crippen molar-refractivity contribution in [3.05, 3.63) is 0 Å². The van der Waals surface area contributed by atoms with Gasteiger partial charge in [-0.3, -0.25) is 0 Å². The van der Waals surface area contributed by atoms with E-state index in [1.165, 1.54) is 180 Å². The second kappa shape index (κ2) is 31.4. The van der Waals surface area contributed by atoms with Crippen molar-refractivity contribution in [1.29, 1.82) is 0 Å². The molecule has 0 aliphatic carbocycles. The maximum Gasteiger partial charge on any atom is 0.358 e. The van der Waals surface area contributed by atoms with Crippen LogP contribution in [0.2, 0.25) is 12.1 Å². The lowest BCUT2D eigenvalue weighted by Gasteiger charge is -2.34. The van der Waals surface area contributed by atoms with Gasteiger partial charge in [0.05, 0.1) is 0 Å². The van der Waals surface area contributed by atoms with Gasteiger partial charge in [0.25, 0.3) is 0 Å². The first-order valence-electron chi connectivity index (χ1n) is 19.4. The average molecular weight is 628 g/mol. The lowest BCUT2D eigenvalue weighted by Crippen LogP contribution is -2.49. The van der Waals surface area contributed by atoms with E-state index >= 15 is 0 Å². The number of unbranched alkanes of at least 4 members (excludes halogenated alkanes) is 24. The molecule has 1 rings (SSSR count). The summed E-state index contributed by atoms with van der Waals surface area (Å²) in [5, 5.41) is 0. The predicted octanol–water partition coefficient (Wildman–Crippen LogP) is 12.9. The first-order valence-corrected chi connectivity index (χ1v) is 22.3. The van der Waals surface area contributed by atoms with Crippen molar-refractivity contribution >= 4 is 21.2 Å². The second-order valence-corrected chi connectivity index (χ2v) is 17.5. The minimum Gasteiger partial charge on any atom is -0.393 e. The van der Waals surface area contributed by atoms with Gasteiger partial charge in [0.1, 0.15) is 0 Å². The van der Waals surface area contributed by atoms with Gasteiger partial charge >= 0.3 is 8.56 Å². The monoisotopic (exact) mass is 628 g/mol. The molecule has 0 radical (unpaired) electrons. The van der Waals surface area contributed by atoms with E-state index < -0.39 is 8.56 Å². The summed E-state index contributed by atoms with van der Waals surface area (Å²) < 4.78 is 13.1. The van der Waals surface area contributed by atoms with Crippen LogP contribution in [0, 0.1) is 5.92 Å². The zero-order valence-electron chi connectivity index (χ0n) is 28.9. The van der Waals surface area contributed by atoms with Crippen molar-refractivity contribution < 1.29 is 8.95 Å². The van der Waals surface area contributed by atoms with E-state index in [2.05, 4.69) is 32.0 Å². The third-order valence-corrected chi connectivity index (χ3v) is 13.4. The molecule has 1 aliphatic heterocycles. The van der Waals surface area contributed by atoms with Crippen LogP contribution in [0.3, 0.4) is 0 Å². The number of rotatable bonds is 31. The van der Waals surface area contributed by atoms with E-state index in [0.717, 1.165) is 37.4 Å². The van der Waals surface area contributed by atoms with Gasteiger partial charge in [0, 0.05) is 13.2 Å². The van der Waals surface area contributed by atoms with Crippen LogP contribution in [0.25, 0.3) is 0 Å². The molecule has 5 heteroatoms. The van der Waals surface area contributed by atoms with Crippen LogP contribution in [0.4, 0.5) is 0 Å². The molecule has 2 atom stereocenters. The van der Waals surface area contributed by atoms with Crippen LogP contribution >= 0.6 is 12.6 Å². The fraction of sp³-hybridized carbons (Fsp3) is 1.00. The Kier molecular flexibility index (Phi) is 30.3. The first kappa shape index (κ1) is 40.5. The molecule has 0 aromatic carbocycles. The zero-order chi connectivity index (χ0) is 30.2. The Bertz CT molecular complexity index is 528. The Hall–Kier alpha value is 0.447. The van der Waals surface area contributed by atoms with E-state index in [-0.39, 0.29) is 0 Å². The van der Waals surface area contributed by atoms with E-state index in [0.29, 0.717) is 5.92 Å². The lowest BCUT2D eigenvalue weighted by atomic mass is 9.97. The highest BCUT2D eigenvalue weighted by atomic mass is 32.1. The number of thiol groups is 1. The first-order chi connectivity index (χ1) is 20.8. The fourth-order valence-electron chi connectivity index (χ4n) is 6.66. The van der Waals surface area contributed by atoms with Crippen LogP contribution in [0.15, 0.2) is 0 Å². The standard InChI is InChI=1S/C37H77NO2SSi/c1-3-5-7-9-11-13-15-16-17-18-19-20-21-23-25-27-30-37-31-32-39-42(35-29-33-41,40-38-36-37)34-28-26-24-22-14-12-10-8-6-4-2/h37-38,41H,3-36H2,1-2H3. The van der Waals surface area contributed by atoms with Gasteiger partial charge in [-0.1, -0.05) is 181 Å². The Morgan fingerprint density at radius 1 is 0.548 bits per heavy atom. The van der Waals surface area contributed by atoms with Crippen LogP contribution < -0.4 is 5.48 Å². The molecule has 42 heavy (non-hydrogen) atoms. The van der Waals surface area contributed by atoms with E-state index in [4.69, 9.17) is 8.95 Å². The van der Waals surface area contributed by atoms with Crippen LogP contribution in [0.5, 0.6) is 0 Å². The summed E-state index contributed by atoms with van der Waals surface area (Å²) in [6.07, 6.45) is 40.5. The Balaban J connectivity index is 2.04. The highest BCUT2D eigenvalue weighted by Crippen LogP contribution is 2.27. The summed E-state index contributed by atoms with van der Waals surface area (Å²) in [4.78, 5) is 0. The molecule has 1 N–H and O–H groups in total. The van der Waals surface area contributed by atoms with Crippen molar-refractivity contribution in [2.75, 3.05) is 18.9 Å². The van der Waals surface area contributed by atoms with Crippen LogP contribution in [-0.4, -0.2) is 27.5 Å². The van der Waals surface area contributed by atoms with Crippen molar-refractivity contribution in [3.63, 3.8) is 0 Å². The maximum absolute atomic E-state index is 6.64. The topological polar surface area (TPSA) is 30.5 Å². The van der Waals surface area contributed by atoms with Crippen molar-refractivity contribution in [2.24, 2.45) is 5.92 Å². The van der Waals surface area contributed by atoms with Gasteiger partial charge in [-0.05, 0) is 43.0 Å². The van der Waals surface area contributed by atoms with Gasteiger partial charge in [-0.15, -0.1) is 0 Å². The molecule has 1 fully saturated rings.